The Balaban J connectivity index is 2.66. The molecule has 0 aliphatic heterocycles. The van der Waals surface area contributed by atoms with Crippen molar-refractivity contribution in [1.29, 1.82) is 5.26 Å². The zero-order valence-corrected chi connectivity index (χ0v) is 5.85. The third-order valence-corrected chi connectivity index (χ3v) is 3.07. The molecular weight excluding hydrogens is 138 g/mol. The van der Waals surface area contributed by atoms with Crippen molar-refractivity contribution in [1.82, 2.24) is 0 Å². The van der Waals surface area contributed by atoms with Gasteiger partial charge >= 0.3 is 0 Å². The normalized spacial score (nSPS) is 33.3. The Kier molecular flexibility index (Phi) is 1.24. The van der Waals surface area contributed by atoms with Crippen LogP contribution >= 0.6 is 0 Å². The monoisotopic (exact) mass is 145 g/mol. The zero-order valence-electron chi connectivity index (χ0n) is 5.03. The standard InChI is InChI=1S/C5H7NO2S/c1-9(7,8)5-2-4(5)3-6/h4-5H,2H2,1H3/t4-,5-/m0/s1. The van der Waals surface area contributed by atoms with E-state index in [1.165, 1.54) is 6.26 Å². The molecule has 0 saturated heterocycles. The highest BCUT2D eigenvalue weighted by Crippen LogP contribution is 2.35. The van der Waals surface area contributed by atoms with Crippen LogP contribution in [0, 0.1) is 17.2 Å². The first-order valence-corrected chi connectivity index (χ1v) is 4.59. The van der Waals surface area contributed by atoms with Crippen molar-refractivity contribution in [3.8, 4) is 6.07 Å². The second-order valence-corrected chi connectivity index (χ2v) is 4.60. The minimum absolute atomic E-state index is 0.222. The molecule has 0 aromatic heterocycles. The summed E-state index contributed by atoms with van der Waals surface area (Å²) in [6.07, 6.45) is 1.71. The van der Waals surface area contributed by atoms with Gasteiger partial charge in [0.25, 0.3) is 0 Å². The van der Waals surface area contributed by atoms with Crippen LogP contribution in [-0.4, -0.2) is 19.9 Å². The molecule has 0 unspecified atom stereocenters. The molecule has 0 N–H and O–H groups in total. The summed E-state index contributed by atoms with van der Waals surface area (Å²) in [7, 11) is -2.91. The Morgan fingerprint density at radius 3 is 2.33 bits per heavy atom. The van der Waals surface area contributed by atoms with Gasteiger partial charge in [-0.05, 0) is 6.42 Å². The largest absolute Gasteiger partial charge is 0.229 e. The molecule has 0 bridgehead atoms. The molecule has 0 spiro atoms. The number of nitrogens with zero attached hydrogens (tertiary/aromatic N) is 1. The summed E-state index contributed by atoms with van der Waals surface area (Å²) in [5.41, 5.74) is 0. The number of hydrogen-bond acceptors (Lipinski definition) is 3. The smallest absolute Gasteiger partial charge is 0.151 e. The highest BCUT2D eigenvalue weighted by Gasteiger charge is 2.45. The van der Waals surface area contributed by atoms with Crippen molar-refractivity contribution < 1.29 is 8.42 Å². The van der Waals surface area contributed by atoms with E-state index in [1.807, 2.05) is 6.07 Å². The Morgan fingerprint density at radius 2 is 2.22 bits per heavy atom. The average molecular weight is 145 g/mol. The van der Waals surface area contributed by atoms with Crippen molar-refractivity contribution in [2.24, 2.45) is 5.92 Å². The average Bonchev–Trinajstić information content (AvgIpc) is 2.39. The summed E-state index contributed by atoms with van der Waals surface area (Å²) in [6, 6.07) is 1.92. The van der Waals surface area contributed by atoms with E-state index in [-0.39, 0.29) is 11.2 Å². The van der Waals surface area contributed by atoms with Gasteiger partial charge in [0.2, 0.25) is 0 Å². The fraction of sp³-hybridized carbons (Fsp3) is 0.800. The summed E-state index contributed by atoms with van der Waals surface area (Å²) < 4.78 is 21.2. The topological polar surface area (TPSA) is 57.9 Å². The lowest BCUT2D eigenvalue weighted by Crippen LogP contribution is -2.04. The zero-order chi connectivity index (χ0) is 7.07. The van der Waals surface area contributed by atoms with E-state index in [0.717, 1.165) is 0 Å². The molecule has 4 heteroatoms. The number of hydrogen-bond donors (Lipinski definition) is 0. The van der Waals surface area contributed by atoms with Gasteiger partial charge in [-0.1, -0.05) is 0 Å². The van der Waals surface area contributed by atoms with Crippen LogP contribution in [0.3, 0.4) is 0 Å². The van der Waals surface area contributed by atoms with E-state index < -0.39 is 9.84 Å². The quantitative estimate of drug-likeness (QED) is 0.519. The SMILES string of the molecule is CS(=O)(=O)[C@H]1C[C@H]1C#N. The molecule has 2 atom stereocenters. The molecule has 1 fully saturated rings. The minimum Gasteiger partial charge on any atom is -0.229 e. The summed E-state index contributed by atoms with van der Waals surface area (Å²) in [5.74, 6) is -0.222. The van der Waals surface area contributed by atoms with Crippen LogP contribution < -0.4 is 0 Å². The second-order valence-electron chi connectivity index (χ2n) is 2.34. The summed E-state index contributed by atoms with van der Waals surface area (Å²) in [6.45, 7) is 0. The van der Waals surface area contributed by atoms with Gasteiger partial charge in [-0.3, -0.25) is 0 Å². The predicted octanol–water partition coefficient (Wildman–Crippen LogP) is -0.0569. The third-order valence-electron chi connectivity index (χ3n) is 1.45. The van der Waals surface area contributed by atoms with E-state index in [9.17, 15) is 8.42 Å². The molecule has 1 aliphatic rings. The summed E-state index contributed by atoms with van der Waals surface area (Å²) >= 11 is 0. The van der Waals surface area contributed by atoms with Gasteiger partial charge in [-0.25, -0.2) is 8.42 Å². The van der Waals surface area contributed by atoms with Crippen LogP contribution in [0.2, 0.25) is 0 Å². The Bertz CT molecular complexity index is 249. The van der Waals surface area contributed by atoms with Crippen molar-refractivity contribution in [3.05, 3.63) is 0 Å². The van der Waals surface area contributed by atoms with Gasteiger partial charge in [0.1, 0.15) is 0 Å². The highest BCUT2D eigenvalue weighted by atomic mass is 32.2. The van der Waals surface area contributed by atoms with E-state index >= 15 is 0 Å². The first-order valence-electron chi connectivity index (χ1n) is 2.64. The Hall–Kier alpha value is -0.560. The van der Waals surface area contributed by atoms with Gasteiger partial charge in [0.05, 0.1) is 17.2 Å². The lowest BCUT2D eigenvalue weighted by molar-refractivity contribution is 0.599. The second kappa shape index (κ2) is 1.71. The van der Waals surface area contributed by atoms with E-state index in [2.05, 4.69) is 0 Å². The fourth-order valence-electron chi connectivity index (χ4n) is 0.781. The van der Waals surface area contributed by atoms with Crippen LogP contribution in [0.4, 0.5) is 0 Å². The maximum Gasteiger partial charge on any atom is 0.151 e. The van der Waals surface area contributed by atoms with Crippen LogP contribution in [0.25, 0.3) is 0 Å². The van der Waals surface area contributed by atoms with E-state index in [4.69, 9.17) is 5.26 Å². The third kappa shape index (κ3) is 1.22. The van der Waals surface area contributed by atoms with Crippen LogP contribution in [0.15, 0.2) is 0 Å². The van der Waals surface area contributed by atoms with E-state index in [1.54, 1.807) is 0 Å². The molecular formula is C5H7NO2S. The molecule has 0 radical (unpaired) electrons. The maximum atomic E-state index is 10.6. The van der Waals surface area contributed by atoms with Gasteiger partial charge in [0.15, 0.2) is 9.84 Å². The summed E-state index contributed by atoms with van der Waals surface area (Å²) in [4.78, 5) is 0. The molecule has 9 heavy (non-hydrogen) atoms. The molecule has 0 amide bonds. The highest BCUT2D eigenvalue weighted by molar-refractivity contribution is 7.91. The van der Waals surface area contributed by atoms with Gasteiger partial charge < -0.3 is 0 Å². The summed E-state index contributed by atoms with van der Waals surface area (Å²) in [5, 5.41) is 7.87. The molecule has 1 rings (SSSR count). The van der Waals surface area contributed by atoms with Gasteiger partial charge in [-0.15, -0.1) is 0 Å². The number of sulfone groups is 1. The first-order chi connectivity index (χ1) is 4.05. The fourth-order valence-corrected chi connectivity index (χ4v) is 2.00. The lowest BCUT2D eigenvalue weighted by atomic mass is 10.5. The maximum absolute atomic E-state index is 10.6. The van der Waals surface area contributed by atoms with Crippen molar-refractivity contribution in [3.63, 3.8) is 0 Å². The van der Waals surface area contributed by atoms with Crippen molar-refractivity contribution in [2.45, 2.75) is 11.7 Å². The molecule has 1 saturated carbocycles. The molecule has 0 aromatic carbocycles. The predicted molar refractivity (Wildman–Crippen MR) is 32.4 cm³/mol. The lowest BCUT2D eigenvalue weighted by Gasteiger charge is -1.86. The van der Waals surface area contributed by atoms with Crippen molar-refractivity contribution in [2.75, 3.05) is 6.26 Å². The molecule has 1 aliphatic carbocycles. The Morgan fingerprint density at radius 1 is 1.67 bits per heavy atom. The van der Waals surface area contributed by atoms with Crippen LogP contribution in [0.1, 0.15) is 6.42 Å². The van der Waals surface area contributed by atoms with Gasteiger partial charge in [-0.2, -0.15) is 5.26 Å². The minimum atomic E-state index is -2.91. The van der Waals surface area contributed by atoms with Crippen molar-refractivity contribution >= 4 is 9.84 Å². The van der Waals surface area contributed by atoms with E-state index in [0.29, 0.717) is 6.42 Å². The molecule has 0 aromatic rings. The molecule has 0 heterocycles. The molecule has 3 nitrogen and oxygen atoms in total. The number of nitriles is 1. The molecule has 50 valence electrons. The first kappa shape index (κ1) is 6.56. The van der Waals surface area contributed by atoms with Crippen LogP contribution in [0.5, 0.6) is 0 Å². The van der Waals surface area contributed by atoms with Crippen LogP contribution in [-0.2, 0) is 9.84 Å². The van der Waals surface area contributed by atoms with Gasteiger partial charge in [0, 0.05) is 6.26 Å². The number of rotatable bonds is 1. The Labute approximate surface area is 54.2 Å².